The third kappa shape index (κ3) is 3.10. The maximum atomic E-state index is 12.3. The fourth-order valence-electron chi connectivity index (χ4n) is 1.60. The first-order chi connectivity index (χ1) is 8.44. The van der Waals surface area contributed by atoms with Crippen molar-refractivity contribution in [2.45, 2.75) is 27.3 Å². The monoisotopic (exact) mass is 270 g/mol. The van der Waals surface area contributed by atoms with Crippen molar-refractivity contribution in [3.63, 3.8) is 0 Å². The maximum Gasteiger partial charge on any atom is 0.455 e. The van der Waals surface area contributed by atoms with Gasteiger partial charge in [0.2, 0.25) is 0 Å². The highest BCUT2D eigenvalue weighted by atomic mass is 31.2. The fraction of sp³-hybridized carbons (Fsp3) is 0.583. The molecular weight excluding hydrogens is 251 g/mol. The van der Waals surface area contributed by atoms with Crippen LogP contribution in [0.15, 0.2) is 29.2 Å². The van der Waals surface area contributed by atoms with Crippen molar-refractivity contribution in [1.29, 1.82) is 0 Å². The van der Waals surface area contributed by atoms with E-state index < -0.39 is 7.75 Å². The van der Waals surface area contributed by atoms with Gasteiger partial charge in [-0.2, -0.15) is 4.76 Å². The summed E-state index contributed by atoms with van der Waals surface area (Å²) < 4.78 is 29.1. The zero-order valence-electron chi connectivity index (χ0n) is 11.0. The van der Waals surface area contributed by atoms with E-state index in [1.54, 1.807) is 6.07 Å². The molecule has 0 radical (unpaired) electrons. The Bertz CT molecular complexity index is 522. The van der Waals surface area contributed by atoms with Crippen LogP contribution in [0.4, 0.5) is 0 Å². The summed E-state index contributed by atoms with van der Waals surface area (Å²) in [6.45, 7) is 7.56. The van der Waals surface area contributed by atoms with E-state index in [2.05, 4.69) is 4.76 Å². The zero-order valence-corrected chi connectivity index (χ0v) is 11.9. The molecule has 6 heteroatoms. The number of aromatic nitrogens is 1. The predicted molar refractivity (Wildman–Crippen MR) is 69.0 cm³/mol. The summed E-state index contributed by atoms with van der Waals surface area (Å²) in [6.07, 6.45) is 1.89. The lowest BCUT2D eigenvalue weighted by atomic mass is 9.97. The minimum atomic E-state index is -3.35. The van der Waals surface area contributed by atoms with Crippen LogP contribution >= 0.6 is 7.75 Å². The molecule has 0 atom stereocenters. The zero-order chi connectivity index (χ0) is 13.2. The molecule has 0 N–H and O–H groups in total. The summed E-state index contributed by atoms with van der Waals surface area (Å²) in [7, 11) is -3.35. The van der Waals surface area contributed by atoms with Crippen LogP contribution in [-0.2, 0) is 20.2 Å². The Morgan fingerprint density at radius 1 is 1.39 bits per heavy atom. The van der Waals surface area contributed by atoms with Crippen molar-refractivity contribution in [2.24, 2.45) is 10.2 Å². The predicted octanol–water partition coefficient (Wildman–Crippen LogP) is 2.59. The molecule has 0 aromatic carbocycles. The van der Waals surface area contributed by atoms with Gasteiger partial charge in [0.25, 0.3) is 0 Å². The lowest BCUT2D eigenvalue weighted by Gasteiger charge is -2.31. The van der Waals surface area contributed by atoms with Gasteiger partial charge in [-0.3, -0.25) is 9.05 Å². The van der Waals surface area contributed by atoms with Gasteiger partial charge in [-0.1, -0.05) is 19.9 Å². The van der Waals surface area contributed by atoms with E-state index in [9.17, 15) is 4.57 Å². The van der Waals surface area contributed by atoms with Crippen LogP contribution < -0.4 is 5.49 Å². The molecule has 1 aromatic rings. The van der Waals surface area contributed by atoms with E-state index in [1.807, 2.05) is 43.7 Å². The first-order valence-electron chi connectivity index (χ1n) is 6.05. The molecule has 5 nitrogen and oxygen atoms in total. The Morgan fingerprint density at radius 3 is 2.67 bits per heavy atom. The van der Waals surface area contributed by atoms with Gasteiger partial charge < -0.3 is 4.57 Å². The van der Waals surface area contributed by atoms with Crippen LogP contribution in [0.1, 0.15) is 20.8 Å². The summed E-state index contributed by atoms with van der Waals surface area (Å²) in [5.74, 6) is 0. The highest BCUT2D eigenvalue weighted by Crippen LogP contribution is 2.54. The normalized spacial score (nSPS) is 22.9. The van der Waals surface area contributed by atoms with Crippen LogP contribution in [0.5, 0.6) is 0 Å². The van der Waals surface area contributed by atoms with E-state index in [0.717, 1.165) is 6.54 Å². The van der Waals surface area contributed by atoms with Crippen molar-refractivity contribution >= 4 is 7.75 Å². The van der Waals surface area contributed by atoms with Crippen molar-refractivity contribution in [1.82, 2.24) is 4.57 Å². The summed E-state index contributed by atoms with van der Waals surface area (Å²) in [5, 5.41) is 0. The number of nitrogens with zero attached hydrogens (tertiary/aromatic N) is 2. The summed E-state index contributed by atoms with van der Waals surface area (Å²) >= 11 is 0. The van der Waals surface area contributed by atoms with Gasteiger partial charge in [0, 0.05) is 18.2 Å². The Kier molecular flexibility index (Phi) is 3.76. The second-order valence-electron chi connectivity index (χ2n) is 5.12. The lowest BCUT2D eigenvalue weighted by molar-refractivity contribution is 0.0413. The van der Waals surface area contributed by atoms with Crippen molar-refractivity contribution in [3.8, 4) is 0 Å². The Balaban J connectivity index is 2.30. The highest BCUT2D eigenvalue weighted by molar-refractivity contribution is 7.52. The van der Waals surface area contributed by atoms with E-state index in [0.29, 0.717) is 18.7 Å². The Hall–Kier alpha value is -0.900. The van der Waals surface area contributed by atoms with Gasteiger partial charge in [-0.25, -0.2) is 4.57 Å². The van der Waals surface area contributed by atoms with Crippen molar-refractivity contribution in [3.05, 3.63) is 29.9 Å². The number of hydrogen-bond donors (Lipinski definition) is 0. The number of pyridine rings is 1. The van der Waals surface area contributed by atoms with Gasteiger partial charge in [-0.05, 0) is 19.1 Å². The standard InChI is InChI=1S/C12H19N2O3P/c1-4-14-8-6-5-7-11(14)13-18(15)16-9-12(2,3)10-17-18/h5-8H,4,9-10H2,1-3H3. The second kappa shape index (κ2) is 5.00. The molecule has 100 valence electrons. The largest absolute Gasteiger partial charge is 0.455 e. The van der Waals surface area contributed by atoms with Crippen LogP contribution in [0.2, 0.25) is 0 Å². The highest BCUT2D eigenvalue weighted by Gasteiger charge is 2.36. The molecule has 1 saturated heterocycles. The molecule has 2 rings (SSSR count). The topological polar surface area (TPSA) is 52.8 Å². The smallest absolute Gasteiger partial charge is 0.333 e. The number of hydrogen-bond acceptors (Lipinski definition) is 3. The minimum Gasteiger partial charge on any atom is -0.333 e. The van der Waals surface area contributed by atoms with E-state index in [1.165, 1.54) is 0 Å². The molecule has 1 aliphatic rings. The molecule has 1 aliphatic heterocycles. The van der Waals surface area contributed by atoms with Crippen molar-refractivity contribution in [2.75, 3.05) is 13.2 Å². The van der Waals surface area contributed by atoms with Crippen LogP contribution in [0.3, 0.4) is 0 Å². The molecule has 2 heterocycles. The quantitative estimate of drug-likeness (QED) is 0.776. The Morgan fingerprint density at radius 2 is 2.06 bits per heavy atom. The van der Waals surface area contributed by atoms with E-state index >= 15 is 0 Å². The summed E-state index contributed by atoms with van der Waals surface area (Å²) in [4.78, 5) is 0. The van der Waals surface area contributed by atoms with Crippen LogP contribution in [-0.4, -0.2) is 17.8 Å². The number of rotatable bonds is 2. The Labute approximate surface area is 107 Å². The van der Waals surface area contributed by atoms with Crippen LogP contribution in [0, 0.1) is 5.41 Å². The second-order valence-corrected chi connectivity index (χ2v) is 6.78. The lowest BCUT2D eigenvalue weighted by Crippen LogP contribution is -2.29. The molecule has 18 heavy (non-hydrogen) atoms. The summed E-state index contributed by atoms with van der Waals surface area (Å²) in [5.41, 5.74) is 0.504. The number of aryl methyl sites for hydroxylation is 1. The molecule has 1 aromatic heterocycles. The first-order valence-corrected chi connectivity index (χ1v) is 7.55. The average Bonchev–Trinajstić information content (AvgIpc) is 2.34. The third-order valence-electron chi connectivity index (χ3n) is 2.72. The molecule has 0 amide bonds. The SMILES string of the molecule is CCn1ccccc1=NP1(=O)OCC(C)(C)CO1. The van der Waals surface area contributed by atoms with Gasteiger partial charge in [-0.15, -0.1) is 0 Å². The minimum absolute atomic E-state index is 0.110. The maximum absolute atomic E-state index is 12.3. The molecule has 0 bridgehead atoms. The third-order valence-corrected chi connectivity index (χ3v) is 4.08. The van der Waals surface area contributed by atoms with Gasteiger partial charge >= 0.3 is 7.75 Å². The molecule has 0 unspecified atom stereocenters. The molecule has 0 spiro atoms. The summed E-state index contributed by atoms with van der Waals surface area (Å²) in [6, 6.07) is 5.56. The van der Waals surface area contributed by atoms with Crippen LogP contribution in [0.25, 0.3) is 0 Å². The molecule has 1 fully saturated rings. The van der Waals surface area contributed by atoms with E-state index in [4.69, 9.17) is 9.05 Å². The first kappa shape index (κ1) is 13.5. The van der Waals surface area contributed by atoms with Gasteiger partial charge in [0.15, 0.2) is 0 Å². The van der Waals surface area contributed by atoms with E-state index in [-0.39, 0.29) is 5.41 Å². The average molecular weight is 270 g/mol. The van der Waals surface area contributed by atoms with Crippen molar-refractivity contribution < 1.29 is 13.6 Å². The molecule has 0 saturated carbocycles. The van der Waals surface area contributed by atoms with Gasteiger partial charge in [0.05, 0.1) is 13.2 Å². The fourth-order valence-corrected chi connectivity index (χ4v) is 3.25. The molecule has 0 aliphatic carbocycles. The van der Waals surface area contributed by atoms with Gasteiger partial charge in [0.1, 0.15) is 5.49 Å². The molecular formula is C12H19N2O3P.